The van der Waals surface area contributed by atoms with Gasteiger partial charge >= 0.3 is 6.18 Å². The zero-order chi connectivity index (χ0) is 30.7. The molecule has 4 atom stereocenters. The van der Waals surface area contributed by atoms with Crippen LogP contribution in [-0.4, -0.2) is 41.3 Å². The normalized spacial score (nSPS) is 26.3. The fourth-order valence-corrected chi connectivity index (χ4v) is 7.56. The Hall–Kier alpha value is -4.76. The minimum Gasteiger partial charge on any atom is -0.331 e. The van der Waals surface area contributed by atoms with Gasteiger partial charge in [0.05, 0.1) is 12.0 Å². The molecule has 3 heterocycles. The molecule has 6 nitrogen and oxygen atoms in total. The highest BCUT2D eigenvalue weighted by molar-refractivity contribution is 6.42. The minimum absolute atomic E-state index is 0.0189. The summed E-state index contributed by atoms with van der Waals surface area (Å²) in [6, 6.07) is 30.4. The first kappa shape index (κ1) is 28.0. The second-order valence-electron chi connectivity index (χ2n) is 11.6. The van der Waals surface area contributed by atoms with E-state index in [1.807, 2.05) is 36.4 Å². The topological polar surface area (TPSA) is 69.7 Å². The van der Waals surface area contributed by atoms with Gasteiger partial charge in [-0.2, -0.15) is 13.2 Å². The van der Waals surface area contributed by atoms with Gasteiger partial charge in [0.15, 0.2) is 0 Å². The number of fused-ring (bicyclic) bond motifs is 3. The first-order valence-electron chi connectivity index (χ1n) is 14.4. The Labute approximate surface area is 252 Å². The SMILES string of the molecule is O=C1C(=O)[C@@]2(CN1Cc1ccccc1)[C@H](c1ccccc1)[C@@H](C(F)(F)F)N[C@]21C(=O)N(Cc2ccccc2)c2ccccc21. The van der Waals surface area contributed by atoms with Crippen LogP contribution in [0.1, 0.15) is 28.2 Å². The predicted molar refractivity (Wildman–Crippen MR) is 157 cm³/mol. The highest BCUT2D eigenvalue weighted by Crippen LogP contribution is 2.65. The van der Waals surface area contributed by atoms with Crippen LogP contribution in [0.4, 0.5) is 18.9 Å². The van der Waals surface area contributed by atoms with E-state index < -0.39 is 46.7 Å². The van der Waals surface area contributed by atoms with Gasteiger partial charge in [-0.25, -0.2) is 0 Å². The zero-order valence-electron chi connectivity index (χ0n) is 23.5. The molecule has 3 aliphatic rings. The van der Waals surface area contributed by atoms with Crippen LogP contribution in [0, 0.1) is 5.41 Å². The smallest absolute Gasteiger partial charge is 0.331 e. The highest BCUT2D eigenvalue weighted by atomic mass is 19.4. The number of carbonyl (C=O) groups is 3. The molecule has 1 N–H and O–H groups in total. The molecule has 4 aromatic carbocycles. The molecule has 0 aliphatic carbocycles. The van der Waals surface area contributed by atoms with E-state index in [-0.39, 0.29) is 30.8 Å². The van der Waals surface area contributed by atoms with Gasteiger partial charge in [0.25, 0.3) is 11.8 Å². The van der Waals surface area contributed by atoms with Gasteiger partial charge < -0.3 is 9.80 Å². The number of hydrogen-bond donors (Lipinski definition) is 1. The van der Waals surface area contributed by atoms with Crippen molar-refractivity contribution in [3.05, 3.63) is 138 Å². The molecular formula is C35H28F3N3O3. The summed E-state index contributed by atoms with van der Waals surface area (Å²) in [4.78, 5) is 46.1. The largest absolute Gasteiger partial charge is 0.404 e. The molecule has 2 spiro atoms. The fourth-order valence-electron chi connectivity index (χ4n) is 7.56. The van der Waals surface area contributed by atoms with Crippen LogP contribution in [-0.2, 0) is 33.0 Å². The number of likely N-dealkylation sites (tertiary alicyclic amines) is 1. The maximum atomic E-state index is 15.2. The third kappa shape index (κ3) is 3.95. The molecule has 0 aromatic heterocycles. The number of ketones is 1. The van der Waals surface area contributed by atoms with Gasteiger partial charge in [-0.3, -0.25) is 19.7 Å². The molecule has 44 heavy (non-hydrogen) atoms. The quantitative estimate of drug-likeness (QED) is 0.316. The van der Waals surface area contributed by atoms with E-state index in [4.69, 9.17) is 0 Å². The van der Waals surface area contributed by atoms with Crippen molar-refractivity contribution >= 4 is 23.3 Å². The number of benzene rings is 4. The Morgan fingerprint density at radius 3 is 1.89 bits per heavy atom. The van der Waals surface area contributed by atoms with Crippen molar-refractivity contribution in [3.8, 4) is 0 Å². The molecule has 0 bridgehead atoms. The number of rotatable bonds is 5. The highest BCUT2D eigenvalue weighted by Gasteiger charge is 2.81. The summed E-state index contributed by atoms with van der Waals surface area (Å²) in [5, 5.41) is 2.73. The Kier molecular flexibility index (Phi) is 6.48. The Balaban J connectivity index is 1.47. The summed E-state index contributed by atoms with van der Waals surface area (Å²) < 4.78 is 45.6. The van der Waals surface area contributed by atoms with Gasteiger partial charge in [-0.15, -0.1) is 0 Å². The molecule has 0 radical (unpaired) electrons. The summed E-state index contributed by atoms with van der Waals surface area (Å²) in [6.07, 6.45) is -4.85. The van der Waals surface area contributed by atoms with Gasteiger partial charge in [-0.1, -0.05) is 109 Å². The van der Waals surface area contributed by atoms with E-state index in [9.17, 15) is 14.4 Å². The van der Waals surface area contributed by atoms with Crippen LogP contribution in [0.2, 0.25) is 0 Å². The van der Waals surface area contributed by atoms with Crippen molar-refractivity contribution in [2.45, 2.75) is 36.8 Å². The van der Waals surface area contributed by atoms with Crippen LogP contribution in [0.15, 0.2) is 115 Å². The molecule has 0 saturated carbocycles. The lowest BCUT2D eigenvalue weighted by Crippen LogP contribution is -2.60. The first-order chi connectivity index (χ1) is 21.2. The Morgan fingerprint density at radius 1 is 0.727 bits per heavy atom. The van der Waals surface area contributed by atoms with E-state index in [1.54, 1.807) is 66.7 Å². The number of alkyl halides is 3. The van der Waals surface area contributed by atoms with E-state index in [0.29, 0.717) is 5.69 Å². The minimum atomic E-state index is -4.85. The van der Waals surface area contributed by atoms with Crippen LogP contribution in [0.3, 0.4) is 0 Å². The number of Topliss-reactive ketones (excluding diaryl/α,β-unsaturated/α-hetero) is 1. The lowest BCUT2D eigenvalue weighted by molar-refractivity contribution is -0.159. The van der Waals surface area contributed by atoms with Crippen LogP contribution >= 0.6 is 0 Å². The van der Waals surface area contributed by atoms with Crippen molar-refractivity contribution < 1.29 is 27.6 Å². The number of anilines is 1. The van der Waals surface area contributed by atoms with E-state index in [0.717, 1.165) is 11.1 Å². The van der Waals surface area contributed by atoms with Crippen molar-refractivity contribution in [2.75, 3.05) is 11.4 Å². The third-order valence-electron chi connectivity index (χ3n) is 9.31. The molecule has 4 aromatic rings. The molecule has 222 valence electrons. The molecule has 3 aliphatic heterocycles. The number of nitrogens with zero attached hydrogens (tertiary/aromatic N) is 2. The standard InChI is InChI=1S/C35H28F3N3O3/c36-35(37,38)29-28(25-16-8-3-9-17-25)33(22-40(31(43)30(33)42)20-23-12-4-1-5-13-23)34(39-29)26-18-10-11-19-27(26)41(32(34)44)21-24-14-6-2-7-15-24/h1-19,28-29,39H,20-22H2/t28-,29+,33-,34-/m1/s1. The van der Waals surface area contributed by atoms with Crippen molar-refractivity contribution in [3.63, 3.8) is 0 Å². The lowest BCUT2D eigenvalue weighted by Gasteiger charge is -2.40. The van der Waals surface area contributed by atoms with Crippen LogP contribution < -0.4 is 10.2 Å². The molecular weight excluding hydrogens is 567 g/mol. The predicted octanol–water partition coefficient (Wildman–Crippen LogP) is 5.34. The number of halogens is 3. The zero-order valence-corrected chi connectivity index (χ0v) is 23.5. The average Bonchev–Trinajstić information content (AvgIpc) is 3.57. The van der Waals surface area contributed by atoms with Gasteiger partial charge in [0, 0.05) is 30.3 Å². The Morgan fingerprint density at radius 2 is 1.27 bits per heavy atom. The van der Waals surface area contributed by atoms with E-state index in [1.165, 1.54) is 21.9 Å². The number of carbonyl (C=O) groups excluding carboxylic acids is 3. The van der Waals surface area contributed by atoms with E-state index in [2.05, 4.69) is 5.32 Å². The summed E-state index contributed by atoms with van der Waals surface area (Å²) in [7, 11) is 0. The Bertz CT molecular complexity index is 1750. The summed E-state index contributed by atoms with van der Waals surface area (Å²) >= 11 is 0. The second kappa shape index (κ2) is 10.2. The monoisotopic (exact) mass is 595 g/mol. The average molecular weight is 596 g/mol. The van der Waals surface area contributed by atoms with Gasteiger partial charge in [0.1, 0.15) is 11.6 Å². The molecule has 2 fully saturated rings. The number of nitrogens with one attached hydrogen (secondary N) is 1. The molecule has 2 saturated heterocycles. The van der Waals surface area contributed by atoms with Gasteiger partial charge in [0.2, 0.25) is 5.78 Å². The van der Waals surface area contributed by atoms with Crippen molar-refractivity contribution in [1.82, 2.24) is 10.2 Å². The van der Waals surface area contributed by atoms with Crippen LogP contribution in [0.5, 0.6) is 0 Å². The molecule has 9 heteroatoms. The number of para-hydroxylation sites is 1. The van der Waals surface area contributed by atoms with E-state index >= 15 is 13.2 Å². The van der Waals surface area contributed by atoms with Crippen molar-refractivity contribution in [2.24, 2.45) is 5.41 Å². The lowest BCUT2D eigenvalue weighted by atomic mass is 9.59. The maximum absolute atomic E-state index is 15.2. The third-order valence-corrected chi connectivity index (χ3v) is 9.31. The summed E-state index contributed by atoms with van der Waals surface area (Å²) in [5.41, 5.74) is -1.87. The van der Waals surface area contributed by atoms with Gasteiger partial charge in [-0.05, 0) is 22.8 Å². The van der Waals surface area contributed by atoms with Crippen molar-refractivity contribution in [1.29, 1.82) is 0 Å². The molecule has 2 amide bonds. The second-order valence-corrected chi connectivity index (χ2v) is 11.6. The molecule has 0 unspecified atom stereocenters. The number of hydrogen-bond acceptors (Lipinski definition) is 4. The summed E-state index contributed by atoms with van der Waals surface area (Å²) in [6.45, 7) is -0.262. The maximum Gasteiger partial charge on any atom is 0.404 e. The number of amides is 2. The van der Waals surface area contributed by atoms with Crippen LogP contribution in [0.25, 0.3) is 0 Å². The molecule has 7 rings (SSSR count). The first-order valence-corrected chi connectivity index (χ1v) is 14.4. The fraction of sp³-hybridized carbons (Fsp3) is 0.229. The summed E-state index contributed by atoms with van der Waals surface area (Å²) in [5.74, 6) is -4.13.